The van der Waals surface area contributed by atoms with Crippen LogP contribution in [0.5, 0.6) is 0 Å². The molecule has 1 atom stereocenters. The molecule has 0 spiro atoms. The minimum absolute atomic E-state index is 0.0716. The number of nitrogens with one attached hydrogen (secondary N) is 1. The molecule has 0 aliphatic carbocycles. The molecule has 1 aliphatic heterocycles. The Morgan fingerprint density at radius 1 is 1.29 bits per heavy atom. The van der Waals surface area contributed by atoms with E-state index in [-0.39, 0.29) is 13.0 Å². The Morgan fingerprint density at radius 3 is 2.67 bits per heavy atom. The molecule has 2 nitrogen and oxygen atoms in total. The molecular formula is C16H23F3N2. The Morgan fingerprint density at radius 2 is 2.00 bits per heavy atom. The van der Waals surface area contributed by atoms with E-state index in [1.165, 1.54) is 0 Å². The lowest BCUT2D eigenvalue weighted by molar-refractivity contribution is -0.176. The van der Waals surface area contributed by atoms with Crippen LogP contribution >= 0.6 is 0 Å². The van der Waals surface area contributed by atoms with Gasteiger partial charge < -0.3 is 10.2 Å². The topological polar surface area (TPSA) is 15.3 Å². The number of halogens is 3. The summed E-state index contributed by atoms with van der Waals surface area (Å²) in [4.78, 5) is 1.89. The van der Waals surface area contributed by atoms with Crippen LogP contribution in [0.2, 0.25) is 0 Å². The Bertz CT molecular complexity index is 457. The second kappa shape index (κ2) is 6.69. The van der Waals surface area contributed by atoms with Crippen LogP contribution in [0.4, 0.5) is 18.9 Å². The summed E-state index contributed by atoms with van der Waals surface area (Å²) in [5.41, 5.74) is 1.99. The molecule has 0 aromatic heterocycles. The van der Waals surface area contributed by atoms with Crippen molar-refractivity contribution in [1.29, 1.82) is 0 Å². The molecule has 0 amide bonds. The van der Waals surface area contributed by atoms with Gasteiger partial charge in [0.05, 0.1) is 5.92 Å². The summed E-state index contributed by atoms with van der Waals surface area (Å²) in [6, 6.07) is 8.09. The van der Waals surface area contributed by atoms with E-state index in [0.29, 0.717) is 25.6 Å². The molecule has 1 N–H and O–H groups in total. The molecule has 1 saturated heterocycles. The van der Waals surface area contributed by atoms with Crippen molar-refractivity contribution in [2.75, 3.05) is 18.0 Å². The van der Waals surface area contributed by atoms with Gasteiger partial charge in [-0.25, -0.2) is 0 Å². The van der Waals surface area contributed by atoms with Crippen LogP contribution in [0.15, 0.2) is 24.3 Å². The van der Waals surface area contributed by atoms with E-state index in [1.807, 2.05) is 29.2 Å². The van der Waals surface area contributed by atoms with Crippen LogP contribution in [0.1, 0.15) is 32.3 Å². The van der Waals surface area contributed by atoms with Crippen molar-refractivity contribution >= 4 is 5.69 Å². The first kappa shape index (κ1) is 16.1. The Labute approximate surface area is 124 Å². The highest BCUT2D eigenvalue weighted by molar-refractivity contribution is 5.54. The molecule has 1 aromatic carbocycles. The highest BCUT2D eigenvalue weighted by atomic mass is 19.4. The number of rotatable bonds is 4. The third-order valence-electron chi connectivity index (χ3n) is 3.92. The number of alkyl halides is 3. The summed E-state index contributed by atoms with van der Waals surface area (Å²) >= 11 is 0. The van der Waals surface area contributed by atoms with E-state index in [2.05, 4.69) is 19.2 Å². The Hall–Kier alpha value is -1.23. The summed E-state index contributed by atoms with van der Waals surface area (Å²) in [7, 11) is 0. The van der Waals surface area contributed by atoms with E-state index in [1.54, 1.807) is 0 Å². The van der Waals surface area contributed by atoms with E-state index in [9.17, 15) is 13.2 Å². The number of anilines is 1. The SMILES string of the molecule is CC(C)NCc1ccccc1N1CCCC(C(F)(F)F)C1. The van der Waals surface area contributed by atoms with Gasteiger partial charge in [-0.1, -0.05) is 32.0 Å². The fraction of sp³-hybridized carbons (Fsp3) is 0.625. The zero-order valence-electron chi connectivity index (χ0n) is 12.6. The molecule has 21 heavy (non-hydrogen) atoms. The molecule has 5 heteroatoms. The minimum Gasteiger partial charge on any atom is -0.371 e. The molecule has 1 aromatic rings. The lowest BCUT2D eigenvalue weighted by Gasteiger charge is -2.36. The maximum absolute atomic E-state index is 12.9. The number of piperidine rings is 1. The van der Waals surface area contributed by atoms with Gasteiger partial charge in [0, 0.05) is 31.4 Å². The average molecular weight is 300 g/mol. The first-order valence-electron chi connectivity index (χ1n) is 7.51. The van der Waals surface area contributed by atoms with Crippen LogP contribution in [0, 0.1) is 5.92 Å². The third kappa shape index (κ3) is 4.37. The molecule has 1 fully saturated rings. The van der Waals surface area contributed by atoms with Gasteiger partial charge in [0.15, 0.2) is 0 Å². The standard InChI is InChI=1S/C16H23F3N2/c1-12(2)20-10-13-6-3-4-8-15(13)21-9-5-7-14(11-21)16(17,18)19/h3-4,6,8,12,14,20H,5,7,9-11H2,1-2H3. The fourth-order valence-corrected chi connectivity index (χ4v) is 2.75. The van der Waals surface area contributed by atoms with Crippen molar-refractivity contribution in [2.45, 2.75) is 45.5 Å². The van der Waals surface area contributed by atoms with Crippen LogP contribution in [0.3, 0.4) is 0 Å². The summed E-state index contributed by atoms with van der Waals surface area (Å²) in [5.74, 6) is -1.21. The van der Waals surface area contributed by atoms with Crippen molar-refractivity contribution in [2.24, 2.45) is 5.92 Å². The molecule has 0 saturated carbocycles. The first-order chi connectivity index (χ1) is 9.88. The van der Waals surface area contributed by atoms with E-state index in [4.69, 9.17) is 0 Å². The van der Waals surface area contributed by atoms with Gasteiger partial charge in [-0.15, -0.1) is 0 Å². The number of para-hydroxylation sites is 1. The number of hydrogen-bond acceptors (Lipinski definition) is 2. The summed E-state index contributed by atoms with van der Waals surface area (Å²) in [6.45, 7) is 5.57. The smallest absolute Gasteiger partial charge is 0.371 e. The summed E-state index contributed by atoms with van der Waals surface area (Å²) in [5, 5.41) is 3.33. The molecule has 0 bridgehead atoms. The largest absolute Gasteiger partial charge is 0.393 e. The molecule has 1 heterocycles. The summed E-state index contributed by atoms with van der Waals surface area (Å²) in [6.07, 6.45) is -3.26. The molecule has 2 rings (SSSR count). The van der Waals surface area contributed by atoms with Crippen molar-refractivity contribution in [3.8, 4) is 0 Å². The normalized spacial score (nSPS) is 20.1. The number of benzene rings is 1. The van der Waals surface area contributed by atoms with Gasteiger partial charge >= 0.3 is 6.18 Å². The quantitative estimate of drug-likeness (QED) is 0.905. The predicted molar refractivity (Wildman–Crippen MR) is 79.4 cm³/mol. The molecule has 0 radical (unpaired) electrons. The van der Waals surface area contributed by atoms with Gasteiger partial charge in [-0.3, -0.25) is 0 Å². The van der Waals surface area contributed by atoms with Crippen LogP contribution in [-0.4, -0.2) is 25.3 Å². The van der Waals surface area contributed by atoms with Crippen LogP contribution in [0.25, 0.3) is 0 Å². The maximum atomic E-state index is 12.9. The molecule has 118 valence electrons. The van der Waals surface area contributed by atoms with Crippen LogP contribution in [-0.2, 0) is 6.54 Å². The van der Waals surface area contributed by atoms with Crippen molar-refractivity contribution in [3.05, 3.63) is 29.8 Å². The monoisotopic (exact) mass is 300 g/mol. The maximum Gasteiger partial charge on any atom is 0.393 e. The predicted octanol–water partition coefficient (Wildman–Crippen LogP) is 3.96. The molecule has 1 unspecified atom stereocenters. The Kier molecular flexibility index (Phi) is 5.14. The van der Waals surface area contributed by atoms with Gasteiger partial charge in [-0.05, 0) is 24.5 Å². The second-order valence-electron chi connectivity index (χ2n) is 5.99. The first-order valence-corrected chi connectivity index (χ1v) is 7.51. The average Bonchev–Trinajstić information content (AvgIpc) is 2.44. The minimum atomic E-state index is -4.09. The van der Waals surface area contributed by atoms with E-state index < -0.39 is 12.1 Å². The lowest BCUT2D eigenvalue weighted by atomic mass is 9.96. The van der Waals surface area contributed by atoms with Gasteiger partial charge in [0.2, 0.25) is 0 Å². The van der Waals surface area contributed by atoms with Gasteiger partial charge in [0.25, 0.3) is 0 Å². The molecular weight excluding hydrogens is 277 g/mol. The number of hydrogen-bond donors (Lipinski definition) is 1. The van der Waals surface area contributed by atoms with Gasteiger partial charge in [-0.2, -0.15) is 13.2 Å². The summed E-state index contributed by atoms with van der Waals surface area (Å²) < 4.78 is 38.8. The third-order valence-corrected chi connectivity index (χ3v) is 3.92. The van der Waals surface area contributed by atoms with Crippen molar-refractivity contribution in [3.63, 3.8) is 0 Å². The van der Waals surface area contributed by atoms with Crippen molar-refractivity contribution < 1.29 is 13.2 Å². The highest BCUT2D eigenvalue weighted by Gasteiger charge is 2.42. The highest BCUT2D eigenvalue weighted by Crippen LogP contribution is 2.35. The van der Waals surface area contributed by atoms with E-state index in [0.717, 1.165) is 11.3 Å². The lowest BCUT2D eigenvalue weighted by Crippen LogP contribution is -2.42. The van der Waals surface area contributed by atoms with Gasteiger partial charge in [0.1, 0.15) is 0 Å². The second-order valence-corrected chi connectivity index (χ2v) is 5.99. The zero-order valence-corrected chi connectivity index (χ0v) is 12.6. The van der Waals surface area contributed by atoms with E-state index >= 15 is 0 Å². The Balaban J connectivity index is 2.13. The number of nitrogens with zero attached hydrogens (tertiary/aromatic N) is 1. The van der Waals surface area contributed by atoms with Crippen molar-refractivity contribution in [1.82, 2.24) is 5.32 Å². The zero-order chi connectivity index (χ0) is 15.5. The van der Waals surface area contributed by atoms with Crippen LogP contribution < -0.4 is 10.2 Å². The molecule has 1 aliphatic rings. The fourth-order valence-electron chi connectivity index (χ4n) is 2.75.